The maximum absolute atomic E-state index is 12.8. The zero-order chi connectivity index (χ0) is 51.6. The third-order valence-electron chi connectivity index (χ3n) is 12.5. The molecule has 0 aliphatic carbocycles. The molecule has 7 atom stereocenters. The molecule has 70 heavy (non-hydrogen) atoms. The Kier molecular flexibility index (Phi) is 34.2. The number of rotatable bonds is 44. The first-order valence-electron chi connectivity index (χ1n) is 26.8. The number of unbranched alkanes of at least 4 members (excludes halogenated alkanes) is 24. The number of phosphoric acid groups is 2. The van der Waals surface area contributed by atoms with E-state index in [-0.39, 0.29) is 18.7 Å². The van der Waals surface area contributed by atoms with Crippen molar-refractivity contribution in [1.82, 2.24) is 9.55 Å². The third-order valence-corrected chi connectivity index (χ3v) is 15.1. The minimum absolute atomic E-state index is 0.0545. The molecule has 20 heteroatoms. The summed E-state index contributed by atoms with van der Waals surface area (Å²) in [7, 11) is -10.8. The summed E-state index contributed by atoms with van der Waals surface area (Å²) < 4.78 is 56.8. The second-order valence-electron chi connectivity index (χ2n) is 20.1. The van der Waals surface area contributed by atoms with Crippen LogP contribution in [0.3, 0.4) is 0 Å². The highest BCUT2D eigenvalue weighted by Gasteiger charge is 2.46. The van der Waals surface area contributed by atoms with Crippen LogP contribution in [-0.2, 0) is 46.3 Å². The van der Waals surface area contributed by atoms with Crippen LogP contribution >= 0.6 is 15.6 Å². The fraction of sp³-hybridized carbons (Fsp3) is 0.880. The number of carbonyl (C=O) groups is 2. The normalized spacial score (nSPS) is 19.3. The lowest BCUT2D eigenvalue weighted by Gasteiger charge is -2.21. The summed E-state index contributed by atoms with van der Waals surface area (Å²) in [6.45, 7) is 6.78. The minimum Gasteiger partial charge on any atom is -0.462 e. The molecule has 1 aliphatic heterocycles. The zero-order valence-electron chi connectivity index (χ0n) is 43.2. The van der Waals surface area contributed by atoms with Crippen molar-refractivity contribution in [2.24, 2.45) is 11.8 Å². The fourth-order valence-electron chi connectivity index (χ4n) is 8.39. The van der Waals surface area contributed by atoms with Gasteiger partial charge in [0.05, 0.1) is 13.2 Å². The number of phosphoric ester groups is 2. The molecule has 1 fully saturated rings. The van der Waals surface area contributed by atoms with Crippen LogP contribution in [0.4, 0.5) is 5.82 Å². The lowest BCUT2D eigenvalue weighted by Crippen LogP contribution is -2.36. The summed E-state index contributed by atoms with van der Waals surface area (Å²) in [6.07, 6.45) is 26.4. The number of nitrogens with zero attached hydrogens (tertiary/aromatic N) is 2. The number of aromatic nitrogens is 2. The number of ether oxygens (including phenoxy) is 3. The van der Waals surface area contributed by atoms with E-state index in [0.717, 1.165) is 55.4 Å². The van der Waals surface area contributed by atoms with E-state index in [1.165, 1.54) is 134 Å². The summed E-state index contributed by atoms with van der Waals surface area (Å²) in [5, 5.41) is 20.9. The standard InChI is InChI=1S/C50H93N3O15P2/c1-40(2)31-27-23-19-15-13-11-9-7-5-6-8-10-12-14-16-21-25-29-33-45(54)63-37-42(66-46(55)34-30-26-22-18-17-20-24-28-32-41(3)4)38-64-69(59,60)68-70(61,62)65-39-43-47(56)48(57)49(67-43)53-36-35-44(51)52-50(53)58/h35-36,40-43,47-49,56-57H,5-34,37-39H2,1-4H3,(H,59,60)(H,61,62)(H2,51,52,58)/t42-,43-,47+,48?,49-/m1/s1. The number of carbonyl (C=O) groups excluding carboxylic acids is 2. The van der Waals surface area contributed by atoms with E-state index >= 15 is 0 Å². The predicted molar refractivity (Wildman–Crippen MR) is 270 cm³/mol. The first kappa shape index (κ1) is 63.9. The molecule has 0 bridgehead atoms. The van der Waals surface area contributed by atoms with E-state index in [1.54, 1.807) is 0 Å². The number of hydrogen-bond donors (Lipinski definition) is 5. The number of esters is 2. The van der Waals surface area contributed by atoms with Gasteiger partial charge in [-0.25, -0.2) is 13.9 Å². The van der Waals surface area contributed by atoms with Crippen molar-refractivity contribution in [1.29, 1.82) is 0 Å². The van der Waals surface area contributed by atoms with E-state index < -0.39 is 83.7 Å². The van der Waals surface area contributed by atoms with Gasteiger partial charge in [-0.1, -0.05) is 195 Å². The van der Waals surface area contributed by atoms with Crippen LogP contribution in [0.25, 0.3) is 0 Å². The molecule has 3 unspecified atom stereocenters. The Hall–Kier alpha value is -2.24. The number of hydrogen-bond acceptors (Lipinski definition) is 15. The quantitative estimate of drug-likeness (QED) is 0.0231. The van der Waals surface area contributed by atoms with Gasteiger partial charge in [0.25, 0.3) is 0 Å². The summed E-state index contributed by atoms with van der Waals surface area (Å²) in [5.74, 6) is 0.256. The molecule has 1 aliphatic rings. The molecule has 2 heterocycles. The molecule has 1 aromatic heterocycles. The lowest BCUT2D eigenvalue weighted by atomic mass is 10.0. The molecule has 0 spiro atoms. The Bertz CT molecular complexity index is 1700. The second kappa shape index (κ2) is 37.5. The second-order valence-corrected chi connectivity index (χ2v) is 23.1. The molecule has 0 amide bonds. The number of aliphatic hydroxyl groups excluding tert-OH is 2. The fourth-order valence-corrected chi connectivity index (χ4v) is 10.5. The van der Waals surface area contributed by atoms with Gasteiger partial charge in [-0.15, -0.1) is 0 Å². The Morgan fingerprint density at radius 1 is 0.643 bits per heavy atom. The van der Waals surface area contributed by atoms with Crippen molar-refractivity contribution < 1.29 is 66.3 Å². The van der Waals surface area contributed by atoms with Crippen LogP contribution in [0.1, 0.15) is 227 Å². The molecule has 6 N–H and O–H groups in total. The first-order chi connectivity index (χ1) is 33.4. The van der Waals surface area contributed by atoms with Gasteiger partial charge in [-0.05, 0) is 30.7 Å². The van der Waals surface area contributed by atoms with Crippen LogP contribution < -0.4 is 11.4 Å². The molecule has 1 aromatic rings. The van der Waals surface area contributed by atoms with Crippen LogP contribution in [0.5, 0.6) is 0 Å². The smallest absolute Gasteiger partial charge is 0.462 e. The van der Waals surface area contributed by atoms with Crippen LogP contribution in [0, 0.1) is 11.8 Å². The van der Waals surface area contributed by atoms with E-state index in [2.05, 4.69) is 37.0 Å². The SMILES string of the molecule is CC(C)CCCCCCCCCCCCCCCCCCCCC(=O)OC[C@H](COP(=O)(O)OP(=O)(O)OC[C@H]1O[C@@H](n2ccc(N)nc2=O)C(O)[C@H]1O)OC(=O)CCCCCCCCCCC(C)C. The highest BCUT2D eigenvalue weighted by atomic mass is 31.3. The van der Waals surface area contributed by atoms with Crippen molar-refractivity contribution in [3.8, 4) is 0 Å². The van der Waals surface area contributed by atoms with Crippen molar-refractivity contribution >= 4 is 33.4 Å². The summed E-state index contributed by atoms with van der Waals surface area (Å²) in [4.78, 5) is 61.9. The Morgan fingerprint density at radius 3 is 1.50 bits per heavy atom. The van der Waals surface area contributed by atoms with Crippen molar-refractivity contribution in [2.45, 2.75) is 251 Å². The minimum atomic E-state index is -5.42. The third kappa shape index (κ3) is 31.4. The lowest BCUT2D eigenvalue weighted by molar-refractivity contribution is -0.161. The molecule has 18 nitrogen and oxygen atoms in total. The van der Waals surface area contributed by atoms with E-state index in [4.69, 9.17) is 29.0 Å². The molecule has 1 saturated heterocycles. The highest BCUT2D eigenvalue weighted by molar-refractivity contribution is 7.61. The average molecular weight is 1040 g/mol. The summed E-state index contributed by atoms with van der Waals surface area (Å²) >= 11 is 0. The van der Waals surface area contributed by atoms with Gasteiger partial charge < -0.3 is 39.9 Å². The van der Waals surface area contributed by atoms with Crippen molar-refractivity contribution in [2.75, 3.05) is 25.6 Å². The molecule has 2 rings (SSSR count). The van der Waals surface area contributed by atoms with Gasteiger partial charge in [-0.3, -0.25) is 23.2 Å². The monoisotopic (exact) mass is 1040 g/mol. The predicted octanol–water partition coefficient (Wildman–Crippen LogP) is 11.2. The van der Waals surface area contributed by atoms with Crippen molar-refractivity contribution in [3.63, 3.8) is 0 Å². The van der Waals surface area contributed by atoms with Gasteiger partial charge in [-0.2, -0.15) is 9.29 Å². The van der Waals surface area contributed by atoms with E-state index in [9.17, 15) is 43.5 Å². The maximum atomic E-state index is 12.8. The number of nitrogen functional groups attached to an aromatic ring is 1. The summed E-state index contributed by atoms with van der Waals surface area (Å²) in [5.41, 5.74) is 4.59. The van der Waals surface area contributed by atoms with Gasteiger partial charge in [0.2, 0.25) is 0 Å². The average Bonchev–Trinajstić information content (AvgIpc) is 3.57. The largest absolute Gasteiger partial charge is 0.481 e. The van der Waals surface area contributed by atoms with Crippen molar-refractivity contribution in [3.05, 3.63) is 22.7 Å². The summed E-state index contributed by atoms with van der Waals surface area (Å²) in [6, 6.07) is 1.25. The first-order valence-corrected chi connectivity index (χ1v) is 29.8. The molecule has 408 valence electrons. The van der Waals surface area contributed by atoms with Gasteiger partial charge in [0.1, 0.15) is 30.7 Å². The van der Waals surface area contributed by atoms with E-state index in [1.807, 2.05) is 0 Å². The number of aliphatic hydroxyl groups is 2. The maximum Gasteiger partial charge on any atom is 0.481 e. The number of anilines is 1. The Morgan fingerprint density at radius 2 is 1.06 bits per heavy atom. The molecule has 0 radical (unpaired) electrons. The molecule has 0 saturated carbocycles. The van der Waals surface area contributed by atoms with Gasteiger partial charge >= 0.3 is 33.3 Å². The van der Waals surface area contributed by atoms with Crippen LogP contribution in [0.2, 0.25) is 0 Å². The molecular formula is C50H93N3O15P2. The zero-order valence-corrected chi connectivity index (χ0v) is 45.0. The van der Waals surface area contributed by atoms with E-state index in [0.29, 0.717) is 18.8 Å². The molecular weight excluding hydrogens is 945 g/mol. The van der Waals surface area contributed by atoms with Crippen LogP contribution in [0.15, 0.2) is 17.1 Å². The number of nitrogens with two attached hydrogens (primary N) is 1. The highest BCUT2D eigenvalue weighted by Crippen LogP contribution is 2.60. The Balaban J connectivity index is 1.73. The Labute approximate surface area is 419 Å². The van der Waals surface area contributed by atoms with Gasteiger partial charge in [0, 0.05) is 19.0 Å². The topological polar surface area (TPSA) is 265 Å². The van der Waals surface area contributed by atoms with Gasteiger partial charge in [0.15, 0.2) is 12.3 Å². The molecule has 0 aromatic carbocycles. The van der Waals surface area contributed by atoms with Crippen LogP contribution in [-0.4, -0.2) is 85.7 Å².